The first kappa shape index (κ1) is 29.0. The molecule has 0 aromatic heterocycles. The molecule has 0 saturated heterocycles. The van der Waals surface area contributed by atoms with Gasteiger partial charge >= 0.3 is 11.9 Å². The third-order valence-corrected chi connectivity index (χ3v) is 5.94. The second-order valence-electron chi connectivity index (χ2n) is 8.61. The largest absolute Gasteiger partial charge is 0.481 e. The van der Waals surface area contributed by atoms with Gasteiger partial charge in [-0.2, -0.15) is 0 Å². The lowest BCUT2D eigenvalue weighted by atomic mass is 10.1. The van der Waals surface area contributed by atoms with Crippen molar-refractivity contribution in [3.8, 4) is 0 Å². The van der Waals surface area contributed by atoms with Gasteiger partial charge in [-0.1, -0.05) is 19.6 Å². The van der Waals surface area contributed by atoms with Crippen molar-refractivity contribution in [1.82, 2.24) is 16.0 Å². The van der Waals surface area contributed by atoms with Crippen molar-refractivity contribution in [3.63, 3.8) is 0 Å². The fourth-order valence-corrected chi connectivity index (χ4v) is 2.95. The number of carboxylic acid groups (broad SMARTS) is 1. The Morgan fingerprint density at radius 3 is 1.94 bits per heavy atom. The molecule has 0 rings (SSSR count). The molecule has 0 aromatic carbocycles. The summed E-state index contributed by atoms with van der Waals surface area (Å²) >= 11 is 0. The number of nitrogens with one attached hydrogen (secondary N) is 3. The van der Waals surface area contributed by atoms with E-state index in [-0.39, 0.29) is 12.8 Å². The van der Waals surface area contributed by atoms with Crippen molar-refractivity contribution in [2.75, 3.05) is 6.61 Å². The van der Waals surface area contributed by atoms with Crippen LogP contribution in [0.1, 0.15) is 33.1 Å². The van der Waals surface area contributed by atoms with Gasteiger partial charge in [0.25, 0.3) is 0 Å². The highest BCUT2D eigenvalue weighted by molar-refractivity contribution is 6.76. The fraction of sp³-hybridized carbons (Fsp3) is 0.684. The number of carboxylic acids is 1. The lowest BCUT2D eigenvalue weighted by Gasteiger charge is -2.20. The maximum Gasteiger partial charge on any atom is 0.306 e. The van der Waals surface area contributed by atoms with Gasteiger partial charge in [-0.15, -0.1) is 0 Å². The molecule has 3 atom stereocenters. The van der Waals surface area contributed by atoms with Gasteiger partial charge in [-0.25, -0.2) is 0 Å². The molecule has 0 aromatic rings. The van der Waals surface area contributed by atoms with Crippen molar-refractivity contribution in [1.29, 1.82) is 0 Å². The molecule has 0 radical (unpaired) electrons. The molecule has 0 fully saturated rings. The first-order valence-electron chi connectivity index (χ1n) is 10.2. The molecule has 6 N–H and O–H groups in total. The van der Waals surface area contributed by atoms with Crippen LogP contribution in [0.5, 0.6) is 0 Å². The van der Waals surface area contributed by atoms with Gasteiger partial charge < -0.3 is 31.5 Å². The lowest BCUT2D eigenvalue weighted by molar-refractivity contribution is -0.144. The van der Waals surface area contributed by atoms with Gasteiger partial charge in [0.2, 0.25) is 23.6 Å². The van der Waals surface area contributed by atoms with Crippen LogP contribution in [0, 0.1) is 0 Å². The van der Waals surface area contributed by atoms with Gasteiger partial charge in [0.05, 0.1) is 19.4 Å². The average molecular weight is 475 g/mol. The zero-order valence-corrected chi connectivity index (χ0v) is 20.1. The van der Waals surface area contributed by atoms with E-state index < -0.39 is 68.2 Å². The molecule has 0 heterocycles. The summed E-state index contributed by atoms with van der Waals surface area (Å²) in [4.78, 5) is 69.9. The Morgan fingerprint density at radius 2 is 1.44 bits per heavy atom. The van der Waals surface area contributed by atoms with Crippen molar-refractivity contribution >= 4 is 43.6 Å². The standard InChI is InChI=1S/C19H34N4O8Si/c1-11(21-14(24)6-7-16(27)31-8-9-32(3,4)5)18(29)22-12(2)19(30)23-13(17(20)28)10-15(25)26/h11-13H,6-10H2,1-5H3,(H2,20,28)(H,21,24)(H,22,29)(H,23,30)(H,25,26)/t11-,12-,13-/m0/s1. The number of nitrogens with two attached hydrogens (primary N) is 1. The molecule has 0 spiro atoms. The van der Waals surface area contributed by atoms with E-state index in [0.29, 0.717) is 6.61 Å². The minimum atomic E-state index is -1.43. The molecule has 0 aliphatic rings. The third-order valence-electron chi connectivity index (χ3n) is 4.23. The summed E-state index contributed by atoms with van der Waals surface area (Å²) in [6.45, 7) is 9.47. The number of hydrogen-bond acceptors (Lipinski definition) is 7. The van der Waals surface area contributed by atoms with Crippen LogP contribution in [-0.2, 0) is 33.5 Å². The molecular formula is C19H34N4O8Si. The van der Waals surface area contributed by atoms with Crippen LogP contribution < -0.4 is 21.7 Å². The second kappa shape index (κ2) is 13.4. The van der Waals surface area contributed by atoms with Crippen LogP contribution in [-0.4, -0.2) is 73.5 Å². The summed E-state index contributed by atoms with van der Waals surface area (Å²) < 4.78 is 5.09. The third kappa shape index (κ3) is 13.4. The Bertz CT molecular complexity index is 723. The Labute approximate surface area is 188 Å². The Morgan fingerprint density at radius 1 is 0.906 bits per heavy atom. The number of esters is 1. The van der Waals surface area contributed by atoms with E-state index >= 15 is 0 Å². The molecule has 182 valence electrons. The minimum Gasteiger partial charge on any atom is -0.481 e. The zero-order valence-electron chi connectivity index (χ0n) is 19.1. The highest BCUT2D eigenvalue weighted by atomic mass is 28.3. The summed E-state index contributed by atoms with van der Waals surface area (Å²) in [6.07, 6.45) is -0.980. The van der Waals surface area contributed by atoms with E-state index in [4.69, 9.17) is 15.6 Å². The molecule has 0 aliphatic heterocycles. The van der Waals surface area contributed by atoms with E-state index in [9.17, 15) is 28.8 Å². The normalized spacial score (nSPS) is 13.8. The van der Waals surface area contributed by atoms with E-state index in [0.717, 1.165) is 6.04 Å². The number of primary amides is 1. The van der Waals surface area contributed by atoms with Crippen molar-refractivity contribution in [2.45, 2.75) is 76.9 Å². The number of ether oxygens (including phenoxy) is 1. The Hall–Kier alpha value is -2.96. The maximum absolute atomic E-state index is 12.2. The Kier molecular flexibility index (Phi) is 12.2. The summed E-state index contributed by atoms with van der Waals surface area (Å²) in [5.74, 6) is -4.90. The second-order valence-corrected chi connectivity index (χ2v) is 14.2. The highest BCUT2D eigenvalue weighted by Crippen LogP contribution is 2.08. The van der Waals surface area contributed by atoms with Gasteiger partial charge in [-0.05, 0) is 19.9 Å². The molecule has 12 nitrogen and oxygen atoms in total. The van der Waals surface area contributed by atoms with Crippen LogP contribution >= 0.6 is 0 Å². The van der Waals surface area contributed by atoms with Crippen molar-refractivity contribution in [3.05, 3.63) is 0 Å². The number of carbonyl (C=O) groups is 6. The van der Waals surface area contributed by atoms with Gasteiger partial charge in [0.1, 0.15) is 18.1 Å². The van der Waals surface area contributed by atoms with Crippen LogP contribution in [0.3, 0.4) is 0 Å². The highest BCUT2D eigenvalue weighted by Gasteiger charge is 2.26. The SMILES string of the molecule is C[C@H](NC(=O)CCC(=O)OCC[Si](C)(C)C)C(=O)N[C@@H](C)C(=O)N[C@@H](CC(=O)O)C(N)=O. The van der Waals surface area contributed by atoms with E-state index in [1.807, 2.05) is 0 Å². The first-order valence-corrected chi connectivity index (χ1v) is 13.9. The molecule has 13 heteroatoms. The van der Waals surface area contributed by atoms with Crippen LogP contribution in [0.25, 0.3) is 0 Å². The molecular weight excluding hydrogens is 440 g/mol. The quantitative estimate of drug-likeness (QED) is 0.158. The van der Waals surface area contributed by atoms with E-state index in [2.05, 4.69) is 35.6 Å². The lowest BCUT2D eigenvalue weighted by Crippen LogP contribution is -2.55. The predicted octanol–water partition coefficient (Wildman–Crippen LogP) is -0.898. The van der Waals surface area contributed by atoms with Gasteiger partial charge in [-0.3, -0.25) is 28.8 Å². The minimum absolute atomic E-state index is 0.122. The van der Waals surface area contributed by atoms with Crippen molar-refractivity contribution in [2.24, 2.45) is 5.73 Å². The number of carbonyl (C=O) groups excluding carboxylic acids is 5. The first-order chi connectivity index (χ1) is 14.6. The molecule has 0 saturated carbocycles. The number of hydrogen-bond donors (Lipinski definition) is 5. The average Bonchev–Trinajstić information content (AvgIpc) is 2.64. The smallest absolute Gasteiger partial charge is 0.306 e. The van der Waals surface area contributed by atoms with Gasteiger partial charge in [0.15, 0.2) is 0 Å². The zero-order chi connectivity index (χ0) is 25.1. The number of rotatable bonds is 14. The summed E-state index contributed by atoms with van der Waals surface area (Å²) in [5, 5.41) is 15.6. The molecule has 4 amide bonds. The predicted molar refractivity (Wildman–Crippen MR) is 117 cm³/mol. The van der Waals surface area contributed by atoms with Crippen molar-refractivity contribution < 1.29 is 38.6 Å². The molecule has 0 unspecified atom stereocenters. The maximum atomic E-state index is 12.2. The molecule has 0 aliphatic carbocycles. The molecule has 32 heavy (non-hydrogen) atoms. The van der Waals surface area contributed by atoms with Crippen LogP contribution in [0.2, 0.25) is 25.7 Å². The number of aliphatic carboxylic acids is 1. The number of amides is 4. The monoisotopic (exact) mass is 474 g/mol. The summed E-state index contributed by atoms with van der Waals surface area (Å²) in [6, 6.07) is -2.74. The van der Waals surface area contributed by atoms with Gasteiger partial charge in [0, 0.05) is 14.5 Å². The van der Waals surface area contributed by atoms with E-state index in [1.54, 1.807) is 0 Å². The summed E-state index contributed by atoms with van der Waals surface area (Å²) in [7, 11) is -1.33. The molecule has 0 bridgehead atoms. The van der Waals surface area contributed by atoms with Crippen LogP contribution in [0.15, 0.2) is 0 Å². The topological polar surface area (TPSA) is 194 Å². The summed E-state index contributed by atoms with van der Waals surface area (Å²) in [5.41, 5.74) is 5.05. The van der Waals surface area contributed by atoms with E-state index in [1.165, 1.54) is 13.8 Å². The van der Waals surface area contributed by atoms with Crippen LogP contribution in [0.4, 0.5) is 0 Å². The fourth-order valence-electron chi connectivity index (χ4n) is 2.24. The Balaban J connectivity index is 4.44.